The normalized spacial score (nSPS) is 53.7. The minimum atomic E-state index is -1.83. The van der Waals surface area contributed by atoms with Crippen molar-refractivity contribution < 1.29 is 74.7 Å². The molecule has 1 unspecified atom stereocenters. The molecule has 0 aliphatic carbocycles. The smallest absolute Gasteiger partial charge is 0.187 e. The molecular weight excluding hydrogens is 456 g/mol. The largest absolute Gasteiger partial charge is 0.394 e. The third kappa shape index (κ3) is 5.32. The van der Waals surface area contributed by atoms with Crippen molar-refractivity contribution >= 4 is 0 Å². The van der Waals surface area contributed by atoms with E-state index in [4.69, 9.17) is 23.7 Å². The predicted molar refractivity (Wildman–Crippen MR) is 99.8 cm³/mol. The highest BCUT2D eigenvalue weighted by molar-refractivity contribution is 4.95. The average molecular weight is 488 g/mol. The van der Waals surface area contributed by atoms with Gasteiger partial charge in [-0.3, -0.25) is 0 Å². The number of rotatable bonds is 6. The van der Waals surface area contributed by atoms with Gasteiger partial charge in [0.05, 0.1) is 19.3 Å². The lowest BCUT2D eigenvalue weighted by atomic mass is 9.96. The number of ether oxygens (including phenoxy) is 5. The van der Waals surface area contributed by atoms with Crippen molar-refractivity contribution in [2.24, 2.45) is 0 Å². The predicted octanol–water partition coefficient (Wildman–Crippen LogP) is -6.55. The number of hydrogen-bond donors (Lipinski definition) is 10. The molecule has 3 fully saturated rings. The van der Waals surface area contributed by atoms with E-state index in [-0.39, 0.29) is 0 Å². The molecule has 194 valence electrons. The maximum absolute atomic E-state index is 10.6. The molecule has 0 radical (unpaired) electrons. The molecule has 3 heterocycles. The molecule has 10 N–H and O–H groups in total. The Labute approximate surface area is 187 Å². The van der Waals surface area contributed by atoms with Gasteiger partial charge in [0.2, 0.25) is 0 Å². The first-order chi connectivity index (χ1) is 15.5. The molecule has 3 saturated heterocycles. The second-order valence-electron chi connectivity index (χ2n) is 8.32. The highest BCUT2D eigenvalue weighted by Crippen LogP contribution is 2.32. The van der Waals surface area contributed by atoms with E-state index < -0.39 is 105 Å². The molecule has 0 aromatic carbocycles. The van der Waals surface area contributed by atoms with Gasteiger partial charge in [0.15, 0.2) is 18.9 Å². The molecule has 0 aromatic heterocycles. The molecule has 0 aromatic rings. The van der Waals surface area contributed by atoms with Gasteiger partial charge in [0, 0.05) is 0 Å². The molecule has 0 amide bonds. The zero-order chi connectivity index (χ0) is 24.6. The van der Waals surface area contributed by atoms with Crippen LogP contribution in [-0.2, 0) is 23.7 Å². The van der Waals surface area contributed by atoms with Gasteiger partial charge in [-0.05, 0) is 6.92 Å². The van der Waals surface area contributed by atoms with E-state index in [1.807, 2.05) is 0 Å². The molecule has 0 bridgehead atoms. The van der Waals surface area contributed by atoms with E-state index in [0.29, 0.717) is 0 Å². The first-order valence-corrected chi connectivity index (χ1v) is 10.4. The van der Waals surface area contributed by atoms with Crippen LogP contribution in [-0.4, -0.2) is 156 Å². The zero-order valence-electron chi connectivity index (χ0n) is 17.6. The Hall–Kier alpha value is -0.600. The second-order valence-corrected chi connectivity index (χ2v) is 8.32. The van der Waals surface area contributed by atoms with Gasteiger partial charge in [0.1, 0.15) is 67.1 Å². The van der Waals surface area contributed by atoms with E-state index in [2.05, 4.69) is 0 Å². The third-order valence-corrected chi connectivity index (χ3v) is 6.06. The van der Waals surface area contributed by atoms with Crippen molar-refractivity contribution in [3.63, 3.8) is 0 Å². The van der Waals surface area contributed by atoms with Crippen LogP contribution in [0.4, 0.5) is 0 Å². The van der Waals surface area contributed by atoms with Crippen molar-refractivity contribution in [3.05, 3.63) is 0 Å². The first kappa shape index (κ1) is 27.0. The topological polar surface area (TPSA) is 248 Å². The standard InChI is InChI=1S/C18H32O15/c1-4-7(21)14(32-17-12(26)10(24)8(22)5(2-19)30-17)15(16(28)29-4)33-18-13(27)11(25)9(23)6(3-20)31-18/h4-28H,2-3H2,1H3/t4-,5+,6+,7-,8+,9+,10-,11-,12+,13+,14+,15+,16?,17-,18+/m0/s1. The fraction of sp³-hybridized carbons (Fsp3) is 1.00. The van der Waals surface area contributed by atoms with E-state index in [1.54, 1.807) is 0 Å². The van der Waals surface area contributed by atoms with Gasteiger partial charge >= 0.3 is 0 Å². The van der Waals surface area contributed by atoms with Crippen LogP contribution >= 0.6 is 0 Å². The SMILES string of the molecule is C[C@@H]1OC(O)[C@H](O[C@H]2O[C@H](CO)[C@@H](O)[C@H](O)[C@H]2O)[C@H](O[C@@H]2O[C@H](CO)[C@@H](O)[C@H](O)[C@H]2O)[C@H]1O. The van der Waals surface area contributed by atoms with E-state index in [1.165, 1.54) is 6.92 Å². The lowest BCUT2D eigenvalue weighted by Crippen LogP contribution is -2.66. The molecule has 3 aliphatic rings. The van der Waals surface area contributed by atoms with Crippen LogP contribution in [0.3, 0.4) is 0 Å². The lowest BCUT2D eigenvalue weighted by molar-refractivity contribution is -0.385. The summed E-state index contributed by atoms with van der Waals surface area (Å²) in [5.74, 6) is 0. The van der Waals surface area contributed by atoms with Gasteiger partial charge in [-0.15, -0.1) is 0 Å². The third-order valence-electron chi connectivity index (χ3n) is 6.06. The van der Waals surface area contributed by atoms with Crippen molar-refractivity contribution in [2.45, 2.75) is 99.0 Å². The highest BCUT2D eigenvalue weighted by Gasteiger charge is 2.53. The fourth-order valence-electron chi connectivity index (χ4n) is 3.97. The molecule has 0 saturated carbocycles. The summed E-state index contributed by atoms with van der Waals surface area (Å²) in [4.78, 5) is 0. The molecule has 15 nitrogen and oxygen atoms in total. The summed E-state index contributed by atoms with van der Waals surface area (Å²) in [6.45, 7) is -0.0778. The summed E-state index contributed by atoms with van der Waals surface area (Å²) in [7, 11) is 0. The molecule has 3 rings (SSSR count). The van der Waals surface area contributed by atoms with Crippen molar-refractivity contribution in [3.8, 4) is 0 Å². The minimum absolute atomic E-state index is 0.731. The Morgan fingerprint density at radius 2 is 0.970 bits per heavy atom. The van der Waals surface area contributed by atoms with Crippen LogP contribution in [0.25, 0.3) is 0 Å². The van der Waals surface area contributed by atoms with Gasteiger partial charge < -0.3 is 74.7 Å². The van der Waals surface area contributed by atoms with Crippen molar-refractivity contribution in [1.82, 2.24) is 0 Å². The summed E-state index contributed by atoms with van der Waals surface area (Å²) in [5.41, 5.74) is 0. The Morgan fingerprint density at radius 1 is 0.545 bits per heavy atom. The summed E-state index contributed by atoms with van der Waals surface area (Å²) >= 11 is 0. The van der Waals surface area contributed by atoms with E-state index >= 15 is 0 Å². The van der Waals surface area contributed by atoms with Gasteiger partial charge in [-0.2, -0.15) is 0 Å². The lowest BCUT2D eigenvalue weighted by Gasteiger charge is -2.48. The fourth-order valence-corrected chi connectivity index (χ4v) is 3.97. The van der Waals surface area contributed by atoms with Crippen LogP contribution in [0.1, 0.15) is 6.92 Å². The summed E-state index contributed by atoms with van der Waals surface area (Å²) < 4.78 is 26.8. The average Bonchev–Trinajstić information content (AvgIpc) is 2.79. The quantitative estimate of drug-likeness (QED) is 0.167. The zero-order valence-corrected chi connectivity index (χ0v) is 17.6. The Kier molecular flexibility index (Phi) is 8.99. The van der Waals surface area contributed by atoms with Crippen molar-refractivity contribution in [1.29, 1.82) is 0 Å². The van der Waals surface area contributed by atoms with Gasteiger partial charge in [0.25, 0.3) is 0 Å². The van der Waals surface area contributed by atoms with E-state index in [9.17, 15) is 51.1 Å². The van der Waals surface area contributed by atoms with Gasteiger partial charge in [-0.1, -0.05) is 0 Å². The molecule has 3 aliphatic heterocycles. The molecule has 0 spiro atoms. The van der Waals surface area contributed by atoms with Crippen LogP contribution in [0.5, 0.6) is 0 Å². The number of hydrogen-bond acceptors (Lipinski definition) is 15. The minimum Gasteiger partial charge on any atom is -0.394 e. The highest BCUT2D eigenvalue weighted by atomic mass is 16.8. The summed E-state index contributed by atoms with van der Waals surface area (Å²) in [6.07, 6.45) is -24.1. The maximum Gasteiger partial charge on any atom is 0.187 e. The first-order valence-electron chi connectivity index (χ1n) is 10.4. The summed E-state index contributed by atoms with van der Waals surface area (Å²) in [6, 6.07) is 0. The Morgan fingerprint density at radius 3 is 1.39 bits per heavy atom. The Bertz CT molecular complexity index is 622. The van der Waals surface area contributed by atoms with E-state index in [0.717, 1.165) is 0 Å². The number of aliphatic hydroxyl groups excluding tert-OH is 10. The molecule has 15 heteroatoms. The number of aliphatic hydroxyl groups is 10. The van der Waals surface area contributed by atoms with Crippen LogP contribution in [0.2, 0.25) is 0 Å². The Balaban J connectivity index is 1.80. The molecule has 15 atom stereocenters. The van der Waals surface area contributed by atoms with Gasteiger partial charge in [-0.25, -0.2) is 0 Å². The second kappa shape index (κ2) is 11.0. The van der Waals surface area contributed by atoms with Crippen LogP contribution in [0.15, 0.2) is 0 Å². The maximum atomic E-state index is 10.6. The summed E-state index contributed by atoms with van der Waals surface area (Å²) in [5, 5.41) is 99.9. The molecule has 33 heavy (non-hydrogen) atoms. The van der Waals surface area contributed by atoms with Crippen LogP contribution in [0, 0.1) is 0 Å². The van der Waals surface area contributed by atoms with Crippen LogP contribution < -0.4 is 0 Å². The monoisotopic (exact) mass is 488 g/mol. The van der Waals surface area contributed by atoms with Crippen molar-refractivity contribution in [2.75, 3.05) is 13.2 Å². The molecular formula is C18H32O15.